The highest BCUT2D eigenvalue weighted by Gasteiger charge is 2.54. The van der Waals surface area contributed by atoms with Gasteiger partial charge in [-0.1, -0.05) is 45.1 Å². The number of fused-ring (bicyclic) bond motifs is 1. The largest absolute Gasteiger partial charge is 0.465 e. The van der Waals surface area contributed by atoms with Crippen LogP contribution in [-0.2, 0) is 19.1 Å². The van der Waals surface area contributed by atoms with Gasteiger partial charge in [0, 0.05) is 37.7 Å². The van der Waals surface area contributed by atoms with Crippen LogP contribution in [0.4, 0.5) is 0 Å². The summed E-state index contributed by atoms with van der Waals surface area (Å²) in [5, 5.41) is 0. The van der Waals surface area contributed by atoms with E-state index in [1.54, 1.807) is 0 Å². The van der Waals surface area contributed by atoms with Crippen LogP contribution in [0.5, 0.6) is 0 Å². The molecule has 2 saturated heterocycles. The van der Waals surface area contributed by atoms with Crippen molar-refractivity contribution in [3.63, 3.8) is 0 Å². The maximum Gasteiger partial charge on any atom is 0.318 e. The fourth-order valence-corrected chi connectivity index (χ4v) is 5.69. The van der Waals surface area contributed by atoms with Crippen molar-refractivity contribution < 1.29 is 19.1 Å². The number of hydrogen-bond acceptors (Lipinski definition) is 4. The minimum absolute atomic E-state index is 0.0270. The summed E-state index contributed by atoms with van der Waals surface area (Å²) in [7, 11) is 0. The van der Waals surface area contributed by atoms with E-state index in [1.807, 2.05) is 16.7 Å². The number of ether oxygens (including phenoxy) is 1. The maximum absolute atomic E-state index is 13.6. The molecule has 2 heterocycles. The van der Waals surface area contributed by atoms with Gasteiger partial charge in [0.15, 0.2) is 0 Å². The predicted octanol–water partition coefficient (Wildman–Crippen LogP) is 4.83. The Morgan fingerprint density at radius 2 is 1.78 bits per heavy atom. The molecule has 3 aliphatic rings. The van der Waals surface area contributed by atoms with Crippen molar-refractivity contribution in [2.75, 3.05) is 26.2 Å². The molecule has 6 nitrogen and oxygen atoms in total. The van der Waals surface area contributed by atoms with Gasteiger partial charge < -0.3 is 14.5 Å². The number of allylic oxidation sites excluding steroid dienone is 1. The highest BCUT2D eigenvalue weighted by Crippen LogP contribution is 2.50. The lowest BCUT2D eigenvalue weighted by atomic mass is 9.66. The molecule has 0 aromatic heterocycles. The van der Waals surface area contributed by atoms with E-state index in [-0.39, 0.29) is 24.2 Å². The Morgan fingerprint density at radius 1 is 1.06 bits per heavy atom. The second-order valence-corrected chi connectivity index (χ2v) is 9.73. The van der Waals surface area contributed by atoms with Crippen molar-refractivity contribution in [1.82, 2.24) is 9.80 Å². The van der Waals surface area contributed by atoms with Gasteiger partial charge in [-0.3, -0.25) is 14.4 Å². The molecule has 180 valence electrons. The van der Waals surface area contributed by atoms with E-state index in [4.69, 9.17) is 4.74 Å². The van der Waals surface area contributed by atoms with E-state index >= 15 is 0 Å². The second kappa shape index (κ2) is 11.9. The monoisotopic (exact) mass is 446 g/mol. The number of esters is 1. The molecule has 0 aromatic carbocycles. The Labute approximate surface area is 193 Å². The average Bonchev–Trinajstić information content (AvgIpc) is 3.33. The van der Waals surface area contributed by atoms with Crippen LogP contribution in [0.3, 0.4) is 0 Å². The number of carbonyl (C=O) groups excluding carboxylic acids is 3. The third-order valence-electron chi connectivity index (χ3n) is 7.42. The zero-order valence-corrected chi connectivity index (χ0v) is 20.2. The molecule has 6 heteroatoms. The summed E-state index contributed by atoms with van der Waals surface area (Å²) >= 11 is 0. The van der Waals surface area contributed by atoms with E-state index < -0.39 is 11.3 Å². The standard InChI is InChI=1S/C26H42N2O4/c1-3-5-6-7-8-11-18-28-22-14-9-10-15-26(22,25(31)32-4-2)20-21(24(28)30)19-23(29)27-16-12-13-17-27/h14,21H,3-13,15-20H2,1-2H3/t21-,26+/m1/s1. The first-order valence-electron chi connectivity index (χ1n) is 13.0. The summed E-state index contributed by atoms with van der Waals surface area (Å²) in [6.07, 6.45) is 14.2. The molecule has 0 aromatic rings. The Balaban J connectivity index is 1.78. The number of hydrogen-bond donors (Lipinski definition) is 0. The van der Waals surface area contributed by atoms with Crippen LogP contribution < -0.4 is 0 Å². The average molecular weight is 447 g/mol. The van der Waals surface area contributed by atoms with Crippen molar-refractivity contribution in [3.8, 4) is 0 Å². The Bertz CT molecular complexity index is 698. The quantitative estimate of drug-likeness (QED) is 0.337. The molecule has 0 radical (unpaired) electrons. The summed E-state index contributed by atoms with van der Waals surface area (Å²) < 4.78 is 5.54. The Kier molecular flexibility index (Phi) is 9.18. The number of rotatable bonds is 11. The molecule has 3 rings (SSSR count). The van der Waals surface area contributed by atoms with Crippen molar-refractivity contribution in [3.05, 3.63) is 11.8 Å². The second-order valence-electron chi connectivity index (χ2n) is 9.73. The highest BCUT2D eigenvalue weighted by atomic mass is 16.5. The first-order chi connectivity index (χ1) is 15.5. The van der Waals surface area contributed by atoms with E-state index in [2.05, 4.69) is 13.0 Å². The molecule has 0 N–H and O–H groups in total. The minimum atomic E-state index is -0.777. The van der Waals surface area contributed by atoms with E-state index in [0.717, 1.165) is 57.3 Å². The zero-order chi connectivity index (χ0) is 23.0. The number of unbranched alkanes of at least 4 members (excludes halogenated alkanes) is 5. The van der Waals surface area contributed by atoms with Gasteiger partial charge in [0.25, 0.3) is 0 Å². The first kappa shape index (κ1) is 24.8. The van der Waals surface area contributed by atoms with Gasteiger partial charge in [0.1, 0.15) is 5.41 Å². The Hall–Kier alpha value is -1.85. The zero-order valence-electron chi connectivity index (χ0n) is 20.2. The smallest absolute Gasteiger partial charge is 0.318 e. The highest BCUT2D eigenvalue weighted by molar-refractivity contribution is 5.92. The van der Waals surface area contributed by atoms with Gasteiger partial charge in [-0.2, -0.15) is 0 Å². The lowest BCUT2D eigenvalue weighted by Crippen LogP contribution is -2.54. The number of nitrogens with zero attached hydrogens (tertiary/aromatic N) is 2. The normalized spacial score (nSPS) is 25.5. The minimum Gasteiger partial charge on any atom is -0.465 e. The topological polar surface area (TPSA) is 66.9 Å². The van der Waals surface area contributed by atoms with E-state index in [0.29, 0.717) is 26.0 Å². The molecule has 32 heavy (non-hydrogen) atoms. The van der Waals surface area contributed by atoms with Gasteiger partial charge in [0.2, 0.25) is 11.8 Å². The maximum atomic E-state index is 13.6. The third-order valence-corrected chi connectivity index (χ3v) is 7.42. The van der Waals surface area contributed by atoms with Gasteiger partial charge in [-0.25, -0.2) is 0 Å². The number of likely N-dealkylation sites (tertiary alicyclic amines) is 2. The molecule has 0 spiro atoms. The lowest BCUT2D eigenvalue weighted by Gasteiger charge is -2.48. The lowest BCUT2D eigenvalue weighted by molar-refractivity contribution is -0.162. The summed E-state index contributed by atoms with van der Waals surface area (Å²) in [4.78, 5) is 43.5. The summed E-state index contributed by atoms with van der Waals surface area (Å²) in [5.74, 6) is -0.574. The SMILES string of the molecule is CCCCCCCCN1C(=O)[C@H](CC(=O)N2CCCC2)C[C@@]2(C(=O)OCC)CCCC=C12. The third kappa shape index (κ3) is 5.55. The van der Waals surface area contributed by atoms with Gasteiger partial charge in [-0.15, -0.1) is 0 Å². The summed E-state index contributed by atoms with van der Waals surface area (Å²) in [6.45, 7) is 6.57. The molecule has 2 fully saturated rings. The fraction of sp³-hybridized carbons (Fsp3) is 0.808. The molecule has 2 aliphatic heterocycles. The molecule has 2 atom stereocenters. The van der Waals surface area contributed by atoms with Crippen molar-refractivity contribution in [2.24, 2.45) is 11.3 Å². The van der Waals surface area contributed by atoms with Gasteiger partial charge in [0.05, 0.1) is 6.61 Å². The van der Waals surface area contributed by atoms with Crippen LogP contribution in [0.2, 0.25) is 0 Å². The van der Waals surface area contributed by atoms with Crippen LogP contribution in [0, 0.1) is 11.3 Å². The van der Waals surface area contributed by atoms with Crippen molar-refractivity contribution in [2.45, 2.75) is 97.3 Å². The summed E-state index contributed by atoms with van der Waals surface area (Å²) in [5.41, 5.74) is 0.0750. The van der Waals surface area contributed by atoms with Crippen LogP contribution in [0.1, 0.15) is 97.3 Å². The molecule has 0 saturated carbocycles. The molecular weight excluding hydrogens is 404 g/mol. The van der Waals surface area contributed by atoms with Crippen LogP contribution in [0.15, 0.2) is 11.8 Å². The van der Waals surface area contributed by atoms with Crippen LogP contribution in [0.25, 0.3) is 0 Å². The molecule has 2 amide bonds. The van der Waals surface area contributed by atoms with Crippen LogP contribution >= 0.6 is 0 Å². The number of amides is 2. The van der Waals surface area contributed by atoms with Crippen molar-refractivity contribution >= 4 is 17.8 Å². The fourth-order valence-electron chi connectivity index (χ4n) is 5.69. The number of piperidine rings is 1. The van der Waals surface area contributed by atoms with E-state index in [9.17, 15) is 14.4 Å². The molecule has 0 bridgehead atoms. The summed E-state index contributed by atoms with van der Waals surface area (Å²) in [6, 6.07) is 0. The van der Waals surface area contributed by atoms with Crippen LogP contribution in [-0.4, -0.2) is 53.8 Å². The number of carbonyl (C=O) groups is 3. The molecule has 1 aliphatic carbocycles. The van der Waals surface area contributed by atoms with Gasteiger partial charge in [-0.05, 0) is 51.9 Å². The van der Waals surface area contributed by atoms with E-state index in [1.165, 1.54) is 25.7 Å². The molecule has 0 unspecified atom stereocenters. The molecular formula is C26H42N2O4. The van der Waals surface area contributed by atoms with Crippen molar-refractivity contribution in [1.29, 1.82) is 0 Å². The van der Waals surface area contributed by atoms with Gasteiger partial charge >= 0.3 is 5.97 Å². The first-order valence-corrected chi connectivity index (χ1v) is 13.0. The predicted molar refractivity (Wildman–Crippen MR) is 125 cm³/mol. The Morgan fingerprint density at radius 3 is 2.50 bits per heavy atom.